The molecule has 2 aromatic rings. The van der Waals surface area contributed by atoms with Gasteiger partial charge in [0.05, 0.1) is 24.1 Å². The molecule has 3 aliphatic heterocycles. The standard InChI is InChI=1S/C29H38N4O3/c1-31(2)27-11-7-6-10-25(27)29(35)33-18-23-16-32(17-24(23)19-33)14-12-26(21-8-4-3-5-9-21)30-28(34)22-13-15-36-20-22/h3-11,22-24,26H,12-20H2,1-2H3,(H,30,34)/t22?,23?,24?,26-/m0/s1. The van der Waals surface area contributed by atoms with E-state index in [1.165, 1.54) is 0 Å². The van der Waals surface area contributed by atoms with Crippen molar-refractivity contribution in [2.45, 2.75) is 18.9 Å². The third-order valence-corrected chi connectivity index (χ3v) is 8.02. The monoisotopic (exact) mass is 490 g/mol. The molecule has 7 nitrogen and oxygen atoms in total. The summed E-state index contributed by atoms with van der Waals surface area (Å²) in [5.41, 5.74) is 2.91. The van der Waals surface area contributed by atoms with Crippen LogP contribution >= 0.6 is 0 Å². The zero-order valence-electron chi connectivity index (χ0n) is 21.4. The van der Waals surface area contributed by atoms with Gasteiger partial charge < -0.3 is 24.8 Å². The van der Waals surface area contributed by atoms with E-state index in [2.05, 4.69) is 22.3 Å². The lowest BCUT2D eigenvalue weighted by atomic mass is 10.0. The van der Waals surface area contributed by atoms with E-state index in [4.69, 9.17) is 4.74 Å². The molecule has 0 aromatic heterocycles. The number of nitrogens with one attached hydrogen (secondary N) is 1. The molecule has 3 saturated heterocycles. The second-order valence-electron chi connectivity index (χ2n) is 10.7. The number of amides is 2. The van der Waals surface area contributed by atoms with Gasteiger partial charge in [0.15, 0.2) is 0 Å². The van der Waals surface area contributed by atoms with Gasteiger partial charge in [0.2, 0.25) is 5.91 Å². The highest BCUT2D eigenvalue weighted by molar-refractivity contribution is 6.00. The molecule has 2 aromatic carbocycles. The Balaban J connectivity index is 1.16. The number of carbonyl (C=O) groups excluding carboxylic acids is 2. The topological polar surface area (TPSA) is 65.1 Å². The second-order valence-corrected chi connectivity index (χ2v) is 10.7. The quantitative estimate of drug-likeness (QED) is 0.616. The Morgan fingerprint density at radius 1 is 1.00 bits per heavy atom. The van der Waals surface area contributed by atoms with Crippen molar-refractivity contribution in [3.05, 3.63) is 65.7 Å². The molecule has 3 aliphatic rings. The van der Waals surface area contributed by atoms with Crippen LogP contribution in [0.5, 0.6) is 0 Å². The van der Waals surface area contributed by atoms with Crippen molar-refractivity contribution in [1.82, 2.24) is 15.1 Å². The van der Waals surface area contributed by atoms with Crippen LogP contribution in [0.3, 0.4) is 0 Å². The molecule has 0 radical (unpaired) electrons. The van der Waals surface area contributed by atoms with Gasteiger partial charge in [-0.15, -0.1) is 0 Å². The van der Waals surface area contributed by atoms with Gasteiger partial charge in [0.1, 0.15) is 0 Å². The minimum atomic E-state index is -0.0384. The Labute approximate surface area is 214 Å². The molecular formula is C29H38N4O3. The summed E-state index contributed by atoms with van der Waals surface area (Å²) in [5.74, 6) is 1.24. The maximum absolute atomic E-state index is 13.3. The van der Waals surface area contributed by atoms with Crippen LogP contribution in [0.2, 0.25) is 0 Å². The first kappa shape index (κ1) is 24.8. The molecule has 2 amide bonds. The Kier molecular flexibility index (Phi) is 7.58. The lowest BCUT2D eigenvalue weighted by Gasteiger charge is -2.26. The van der Waals surface area contributed by atoms with Crippen LogP contribution in [0.1, 0.15) is 34.8 Å². The first-order chi connectivity index (χ1) is 17.5. The summed E-state index contributed by atoms with van der Waals surface area (Å²) >= 11 is 0. The van der Waals surface area contributed by atoms with E-state index in [0.717, 1.165) is 62.4 Å². The number of rotatable bonds is 8. The third kappa shape index (κ3) is 5.42. The molecule has 1 N–H and O–H groups in total. The van der Waals surface area contributed by atoms with Gasteiger partial charge in [-0.1, -0.05) is 42.5 Å². The molecule has 7 heteroatoms. The summed E-state index contributed by atoms with van der Waals surface area (Å²) in [5, 5.41) is 3.30. The van der Waals surface area contributed by atoms with E-state index in [-0.39, 0.29) is 23.8 Å². The molecule has 192 valence electrons. The minimum Gasteiger partial charge on any atom is -0.381 e. The van der Waals surface area contributed by atoms with E-state index < -0.39 is 0 Å². The summed E-state index contributed by atoms with van der Waals surface area (Å²) in [7, 11) is 3.96. The van der Waals surface area contributed by atoms with Crippen molar-refractivity contribution in [3.63, 3.8) is 0 Å². The number of ether oxygens (including phenoxy) is 1. The molecule has 3 heterocycles. The maximum Gasteiger partial charge on any atom is 0.255 e. The highest BCUT2D eigenvalue weighted by atomic mass is 16.5. The smallest absolute Gasteiger partial charge is 0.255 e. The van der Waals surface area contributed by atoms with E-state index in [1.54, 1.807) is 0 Å². The summed E-state index contributed by atoms with van der Waals surface area (Å²) in [6.07, 6.45) is 1.68. The fraction of sp³-hybridized carbons (Fsp3) is 0.517. The molecule has 3 unspecified atom stereocenters. The second kappa shape index (κ2) is 11.0. The van der Waals surface area contributed by atoms with Gasteiger partial charge in [-0.05, 0) is 42.4 Å². The van der Waals surface area contributed by atoms with Gasteiger partial charge >= 0.3 is 0 Å². The van der Waals surface area contributed by atoms with E-state index >= 15 is 0 Å². The number of anilines is 1. The highest BCUT2D eigenvalue weighted by Gasteiger charge is 2.42. The number of benzene rings is 2. The highest BCUT2D eigenvalue weighted by Crippen LogP contribution is 2.33. The average Bonchev–Trinajstić information content (AvgIpc) is 3.64. The molecule has 4 atom stereocenters. The van der Waals surface area contributed by atoms with Crippen LogP contribution in [-0.2, 0) is 9.53 Å². The largest absolute Gasteiger partial charge is 0.381 e. The third-order valence-electron chi connectivity index (χ3n) is 8.02. The number of carbonyl (C=O) groups is 2. The molecule has 0 spiro atoms. The van der Waals surface area contributed by atoms with Crippen molar-refractivity contribution >= 4 is 17.5 Å². The lowest BCUT2D eigenvalue weighted by Crippen LogP contribution is -2.37. The molecule has 0 saturated carbocycles. The predicted molar refractivity (Wildman–Crippen MR) is 141 cm³/mol. The van der Waals surface area contributed by atoms with Gasteiger partial charge in [0, 0.05) is 59.1 Å². The van der Waals surface area contributed by atoms with E-state index in [9.17, 15) is 9.59 Å². The Morgan fingerprint density at radius 2 is 1.69 bits per heavy atom. The van der Waals surface area contributed by atoms with Crippen LogP contribution in [0, 0.1) is 17.8 Å². The fourth-order valence-electron chi connectivity index (χ4n) is 6.00. The molecule has 5 rings (SSSR count). The number of likely N-dealkylation sites (tertiary alicyclic amines) is 2. The maximum atomic E-state index is 13.3. The normalized spacial score (nSPS) is 24.5. The van der Waals surface area contributed by atoms with Crippen molar-refractivity contribution in [1.29, 1.82) is 0 Å². The fourth-order valence-corrected chi connectivity index (χ4v) is 6.00. The zero-order chi connectivity index (χ0) is 25.1. The van der Waals surface area contributed by atoms with Crippen LogP contribution in [0.25, 0.3) is 0 Å². The van der Waals surface area contributed by atoms with Crippen molar-refractivity contribution < 1.29 is 14.3 Å². The number of para-hydroxylation sites is 1. The number of hydrogen-bond donors (Lipinski definition) is 1. The summed E-state index contributed by atoms with van der Waals surface area (Å²) in [4.78, 5) is 32.7. The predicted octanol–water partition coefficient (Wildman–Crippen LogP) is 3.04. The average molecular weight is 491 g/mol. The Bertz CT molecular complexity index is 1040. The van der Waals surface area contributed by atoms with Gasteiger partial charge in [-0.25, -0.2) is 0 Å². The molecule has 3 fully saturated rings. The SMILES string of the molecule is CN(C)c1ccccc1C(=O)N1CC2CN(CC[C@H](NC(=O)C3CCOC3)c3ccccc3)CC2C1. The molecule has 0 bridgehead atoms. The molecular weight excluding hydrogens is 452 g/mol. The van der Waals surface area contributed by atoms with E-state index in [0.29, 0.717) is 25.0 Å². The van der Waals surface area contributed by atoms with Gasteiger partial charge in [-0.2, -0.15) is 0 Å². The summed E-state index contributed by atoms with van der Waals surface area (Å²) in [6, 6.07) is 18.2. The van der Waals surface area contributed by atoms with Crippen LogP contribution in [0.4, 0.5) is 5.69 Å². The molecule has 36 heavy (non-hydrogen) atoms. The van der Waals surface area contributed by atoms with Gasteiger partial charge in [-0.3, -0.25) is 9.59 Å². The first-order valence-electron chi connectivity index (χ1n) is 13.2. The van der Waals surface area contributed by atoms with Crippen LogP contribution in [0.15, 0.2) is 54.6 Å². The Morgan fingerprint density at radius 3 is 2.36 bits per heavy atom. The molecule has 0 aliphatic carbocycles. The first-order valence-corrected chi connectivity index (χ1v) is 13.2. The van der Waals surface area contributed by atoms with E-state index in [1.807, 2.05) is 66.4 Å². The number of hydrogen-bond acceptors (Lipinski definition) is 5. The van der Waals surface area contributed by atoms with Crippen LogP contribution < -0.4 is 10.2 Å². The number of fused-ring (bicyclic) bond motifs is 1. The van der Waals surface area contributed by atoms with Crippen molar-refractivity contribution in [3.8, 4) is 0 Å². The number of nitrogens with zero attached hydrogens (tertiary/aromatic N) is 3. The van der Waals surface area contributed by atoms with Crippen molar-refractivity contribution in [2.24, 2.45) is 17.8 Å². The minimum absolute atomic E-state index is 0.000326. The summed E-state index contributed by atoms with van der Waals surface area (Å²) in [6.45, 7) is 5.79. The van der Waals surface area contributed by atoms with Crippen LogP contribution in [-0.4, -0.2) is 81.6 Å². The zero-order valence-corrected chi connectivity index (χ0v) is 21.4. The Hall–Kier alpha value is -2.90. The van der Waals surface area contributed by atoms with Crippen molar-refractivity contribution in [2.75, 3.05) is 64.9 Å². The summed E-state index contributed by atoms with van der Waals surface area (Å²) < 4.78 is 5.42. The lowest BCUT2D eigenvalue weighted by molar-refractivity contribution is -0.125. The van der Waals surface area contributed by atoms with Gasteiger partial charge in [0.25, 0.3) is 5.91 Å².